The van der Waals surface area contributed by atoms with Crippen molar-refractivity contribution in [2.24, 2.45) is 0 Å². The Labute approximate surface area is 160 Å². The van der Waals surface area contributed by atoms with Gasteiger partial charge in [-0.3, -0.25) is 9.69 Å². The molecule has 8 heteroatoms. The number of carboxylic acids is 1. The number of thioether (sulfide) groups is 1. The van der Waals surface area contributed by atoms with Crippen LogP contribution in [0.3, 0.4) is 0 Å². The van der Waals surface area contributed by atoms with Gasteiger partial charge in [-0.1, -0.05) is 24.0 Å². The molecule has 0 bridgehead atoms. The Bertz CT molecular complexity index is 897. The van der Waals surface area contributed by atoms with Crippen molar-refractivity contribution in [3.63, 3.8) is 0 Å². The molecule has 1 saturated heterocycles. The molecule has 0 spiro atoms. The number of amides is 1. The van der Waals surface area contributed by atoms with E-state index in [9.17, 15) is 14.7 Å². The van der Waals surface area contributed by atoms with Crippen LogP contribution in [0.1, 0.15) is 29.1 Å². The Hall–Kier alpha value is -2.32. The zero-order valence-corrected chi connectivity index (χ0v) is 16.0. The van der Waals surface area contributed by atoms with Gasteiger partial charge in [0.05, 0.1) is 17.7 Å². The van der Waals surface area contributed by atoms with Crippen molar-refractivity contribution in [3.05, 3.63) is 52.1 Å². The zero-order valence-electron chi connectivity index (χ0n) is 14.4. The summed E-state index contributed by atoms with van der Waals surface area (Å²) in [6, 6.07) is 5.77. The topological polar surface area (TPSA) is 78.5 Å². The molecule has 1 aliphatic rings. The molecular weight excluding hydrogens is 372 g/mol. The molecule has 26 heavy (non-hydrogen) atoms. The van der Waals surface area contributed by atoms with Crippen LogP contribution >= 0.6 is 24.0 Å². The number of aromatic nitrogens is 1. The second-order valence-corrected chi connectivity index (χ2v) is 7.62. The molecule has 1 aliphatic heterocycles. The highest BCUT2D eigenvalue weighted by molar-refractivity contribution is 8.26. The second kappa shape index (κ2) is 7.51. The van der Waals surface area contributed by atoms with E-state index in [1.807, 2.05) is 32.0 Å². The summed E-state index contributed by atoms with van der Waals surface area (Å²) in [7, 11) is 0. The minimum Gasteiger partial charge on any atom is -0.550 e. The van der Waals surface area contributed by atoms with Gasteiger partial charge in [0.2, 0.25) is 0 Å². The third-order valence-corrected chi connectivity index (χ3v) is 5.58. The number of carbonyl (C=O) groups excluding carboxylic acids is 2. The monoisotopic (exact) mass is 389 g/mol. The standard InChI is InChI=1S/C18H18N2O4S2/c1-11-8-13(12(2)20(11)10-14-4-3-7-24-14)9-15-17(23)19(18(25)26-15)6-5-16(21)22/h3-4,7-9H,5-6,10H2,1-2H3,(H,21,22)/p-1/b15-9-. The molecule has 2 aromatic rings. The Kier molecular flexibility index (Phi) is 5.33. The van der Waals surface area contributed by atoms with Crippen LogP contribution in [0, 0.1) is 13.8 Å². The predicted octanol–water partition coefficient (Wildman–Crippen LogP) is 2.09. The van der Waals surface area contributed by atoms with Crippen molar-refractivity contribution in [1.29, 1.82) is 0 Å². The maximum Gasteiger partial charge on any atom is 0.266 e. The van der Waals surface area contributed by atoms with E-state index in [0.717, 1.165) is 22.7 Å². The van der Waals surface area contributed by atoms with Crippen molar-refractivity contribution >= 4 is 46.3 Å². The highest BCUT2D eigenvalue weighted by Crippen LogP contribution is 2.33. The summed E-state index contributed by atoms with van der Waals surface area (Å²) in [5.41, 5.74) is 2.99. The zero-order chi connectivity index (χ0) is 18.8. The largest absolute Gasteiger partial charge is 0.550 e. The third kappa shape index (κ3) is 3.76. The molecule has 0 aliphatic carbocycles. The van der Waals surface area contributed by atoms with Gasteiger partial charge in [-0.05, 0) is 43.7 Å². The Morgan fingerprint density at radius 2 is 2.19 bits per heavy atom. The average molecular weight is 389 g/mol. The number of rotatable bonds is 6. The molecule has 3 rings (SSSR count). The maximum absolute atomic E-state index is 12.5. The molecule has 0 atom stereocenters. The first-order valence-corrected chi connectivity index (χ1v) is 9.23. The van der Waals surface area contributed by atoms with Crippen molar-refractivity contribution in [1.82, 2.24) is 9.47 Å². The average Bonchev–Trinajstić information content (AvgIpc) is 3.24. The lowest BCUT2D eigenvalue weighted by atomic mass is 10.2. The lowest BCUT2D eigenvalue weighted by Crippen LogP contribution is -2.33. The molecular formula is C18H17N2O4S2-. The molecule has 0 aromatic carbocycles. The van der Waals surface area contributed by atoms with Crippen LogP contribution in [-0.2, 0) is 16.1 Å². The minimum absolute atomic E-state index is 0.0296. The van der Waals surface area contributed by atoms with Gasteiger partial charge in [0.25, 0.3) is 5.91 Å². The van der Waals surface area contributed by atoms with E-state index in [2.05, 4.69) is 4.57 Å². The van der Waals surface area contributed by atoms with Crippen LogP contribution in [0.2, 0.25) is 0 Å². The van der Waals surface area contributed by atoms with Crippen molar-refractivity contribution < 1.29 is 19.1 Å². The van der Waals surface area contributed by atoms with Gasteiger partial charge in [-0.15, -0.1) is 0 Å². The first-order chi connectivity index (χ1) is 12.4. The molecule has 0 unspecified atom stereocenters. The quantitative estimate of drug-likeness (QED) is 0.556. The van der Waals surface area contributed by atoms with E-state index in [4.69, 9.17) is 16.6 Å². The van der Waals surface area contributed by atoms with Crippen molar-refractivity contribution in [2.45, 2.75) is 26.8 Å². The number of carbonyl (C=O) groups is 2. The third-order valence-electron chi connectivity index (χ3n) is 4.21. The Morgan fingerprint density at radius 3 is 2.85 bits per heavy atom. The first kappa shape index (κ1) is 18.5. The number of hydrogen-bond acceptors (Lipinski definition) is 6. The van der Waals surface area contributed by atoms with E-state index in [-0.39, 0.29) is 18.9 Å². The Morgan fingerprint density at radius 1 is 1.42 bits per heavy atom. The van der Waals surface area contributed by atoms with Crippen LogP contribution in [-0.4, -0.2) is 32.2 Å². The molecule has 2 aromatic heterocycles. The molecule has 6 nitrogen and oxygen atoms in total. The number of aryl methyl sites for hydroxylation is 1. The van der Waals surface area contributed by atoms with E-state index >= 15 is 0 Å². The van der Waals surface area contributed by atoms with Crippen LogP contribution in [0.5, 0.6) is 0 Å². The molecule has 3 heterocycles. The second-order valence-electron chi connectivity index (χ2n) is 5.95. The molecule has 0 radical (unpaired) electrons. The summed E-state index contributed by atoms with van der Waals surface area (Å²) < 4.78 is 7.89. The normalized spacial score (nSPS) is 16.1. The van der Waals surface area contributed by atoms with Gasteiger partial charge < -0.3 is 18.9 Å². The highest BCUT2D eigenvalue weighted by atomic mass is 32.2. The van der Waals surface area contributed by atoms with Crippen molar-refractivity contribution in [3.8, 4) is 0 Å². The number of thiocarbonyl (C=S) groups is 1. The summed E-state index contributed by atoms with van der Waals surface area (Å²) in [5.74, 6) is -0.617. The summed E-state index contributed by atoms with van der Waals surface area (Å²) in [5, 5.41) is 10.6. The summed E-state index contributed by atoms with van der Waals surface area (Å²) in [4.78, 5) is 24.9. The smallest absolute Gasteiger partial charge is 0.266 e. The predicted molar refractivity (Wildman–Crippen MR) is 101 cm³/mol. The number of hydrogen-bond donors (Lipinski definition) is 0. The van der Waals surface area contributed by atoms with Gasteiger partial charge in [0.1, 0.15) is 10.1 Å². The van der Waals surface area contributed by atoms with E-state index in [1.165, 1.54) is 16.7 Å². The number of carboxylic acid groups (broad SMARTS) is 1. The highest BCUT2D eigenvalue weighted by Gasteiger charge is 2.31. The fourth-order valence-electron chi connectivity index (χ4n) is 2.81. The molecule has 0 N–H and O–H groups in total. The molecule has 0 saturated carbocycles. The molecule has 1 fully saturated rings. The number of furan rings is 1. The first-order valence-electron chi connectivity index (χ1n) is 8.01. The fraction of sp³-hybridized carbons (Fsp3) is 0.278. The van der Waals surface area contributed by atoms with E-state index < -0.39 is 5.97 Å². The van der Waals surface area contributed by atoms with Crippen LogP contribution in [0.25, 0.3) is 6.08 Å². The SMILES string of the molecule is Cc1cc(/C=C2\SC(=S)N(CCC(=O)[O-])C2=O)c(C)n1Cc1ccco1. The lowest BCUT2D eigenvalue weighted by Gasteiger charge is -2.14. The van der Waals surface area contributed by atoms with Gasteiger partial charge >= 0.3 is 0 Å². The van der Waals surface area contributed by atoms with Crippen LogP contribution in [0.4, 0.5) is 0 Å². The van der Waals surface area contributed by atoms with Gasteiger partial charge in [-0.25, -0.2) is 0 Å². The summed E-state index contributed by atoms with van der Waals surface area (Å²) in [6.45, 7) is 4.63. The van der Waals surface area contributed by atoms with Gasteiger partial charge in [-0.2, -0.15) is 0 Å². The number of nitrogens with zero attached hydrogens (tertiary/aromatic N) is 2. The lowest BCUT2D eigenvalue weighted by molar-refractivity contribution is -0.305. The Balaban J connectivity index is 1.83. The molecule has 1 amide bonds. The maximum atomic E-state index is 12.5. The van der Waals surface area contributed by atoms with Gasteiger partial charge in [0.15, 0.2) is 0 Å². The van der Waals surface area contributed by atoms with Crippen LogP contribution in [0.15, 0.2) is 33.8 Å². The number of aliphatic carboxylic acids is 1. The summed E-state index contributed by atoms with van der Waals surface area (Å²) >= 11 is 6.39. The minimum atomic E-state index is -1.20. The van der Waals surface area contributed by atoms with Crippen molar-refractivity contribution in [2.75, 3.05) is 6.54 Å². The van der Waals surface area contributed by atoms with E-state index in [1.54, 1.807) is 12.3 Å². The molecule has 136 valence electrons. The van der Waals surface area contributed by atoms with Gasteiger partial charge in [0, 0.05) is 30.3 Å². The fourth-order valence-corrected chi connectivity index (χ4v) is 4.11. The van der Waals surface area contributed by atoms with Crippen LogP contribution < -0.4 is 5.11 Å². The summed E-state index contributed by atoms with van der Waals surface area (Å²) in [6.07, 6.45) is 3.21. The van der Waals surface area contributed by atoms with E-state index in [0.29, 0.717) is 15.8 Å².